The van der Waals surface area contributed by atoms with Gasteiger partial charge in [-0.2, -0.15) is 0 Å². The highest BCUT2D eigenvalue weighted by molar-refractivity contribution is 5.85. The summed E-state index contributed by atoms with van der Waals surface area (Å²) in [6, 6.07) is 0. The van der Waals surface area contributed by atoms with Gasteiger partial charge in [0.25, 0.3) is 0 Å². The maximum Gasteiger partial charge on any atom is 0.332 e. The van der Waals surface area contributed by atoms with Gasteiger partial charge in [-0.25, -0.2) is 9.18 Å². The Kier molecular flexibility index (Phi) is 3.56. The molecule has 0 saturated carbocycles. The van der Waals surface area contributed by atoms with E-state index in [0.29, 0.717) is 0 Å². The number of carboxylic acids is 1. The van der Waals surface area contributed by atoms with Crippen molar-refractivity contribution in [2.75, 3.05) is 6.67 Å². The summed E-state index contributed by atoms with van der Waals surface area (Å²) in [4.78, 5) is 20.0. The fourth-order valence-electron chi connectivity index (χ4n) is 0.358. The normalized spacial score (nSPS) is 12.6. The summed E-state index contributed by atoms with van der Waals surface area (Å²) in [6.45, 7) is -1.23. The van der Waals surface area contributed by atoms with E-state index in [4.69, 9.17) is 10.2 Å². The Morgan fingerprint density at radius 3 is 2.30 bits per heavy atom. The Morgan fingerprint density at radius 1 is 1.50 bits per heavy atom. The predicted molar refractivity (Wildman–Crippen MR) is 29.2 cm³/mol. The number of halogens is 1. The van der Waals surface area contributed by atoms with Crippen LogP contribution in [0.15, 0.2) is 0 Å². The van der Waals surface area contributed by atoms with Gasteiger partial charge in [0, 0.05) is 6.42 Å². The van der Waals surface area contributed by atoms with E-state index in [-0.39, 0.29) is 0 Å². The molecule has 0 heterocycles. The number of hydrogen-bond donors (Lipinski definition) is 2. The first-order valence-corrected chi connectivity index (χ1v) is 2.56. The molecular formula is C5H7FO4. The summed E-state index contributed by atoms with van der Waals surface area (Å²) in [6.07, 6.45) is -2.44. The highest BCUT2D eigenvalue weighted by Gasteiger charge is 2.16. The van der Waals surface area contributed by atoms with Crippen LogP contribution in [-0.2, 0) is 9.59 Å². The van der Waals surface area contributed by atoms with Crippen LogP contribution in [0.5, 0.6) is 0 Å². The number of Topliss-reactive ketones (excluding diaryl/α,β-unsaturated/α-hetero) is 1. The second kappa shape index (κ2) is 3.94. The van der Waals surface area contributed by atoms with Gasteiger partial charge in [-0.15, -0.1) is 0 Å². The Bertz CT molecular complexity index is 145. The molecule has 58 valence electrons. The van der Waals surface area contributed by atoms with Crippen molar-refractivity contribution in [2.24, 2.45) is 0 Å². The number of alkyl halides is 1. The standard InChI is InChI=1S/C5H7FO4/c6-2-3(7)1-4(8)5(9)10/h4,8H,1-2H2,(H,9,10). The Morgan fingerprint density at radius 2 is 2.00 bits per heavy atom. The molecule has 0 aliphatic heterocycles. The Labute approximate surface area is 56.3 Å². The second-order valence-corrected chi connectivity index (χ2v) is 1.73. The van der Waals surface area contributed by atoms with Crippen LogP contribution in [-0.4, -0.2) is 34.7 Å². The van der Waals surface area contributed by atoms with E-state index in [1.54, 1.807) is 0 Å². The third-order valence-corrected chi connectivity index (χ3v) is 0.855. The SMILES string of the molecule is O=C(CF)CC(O)C(=O)O. The molecule has 0 rings (SSSR count). The van der Waals surface area contributed by atoms with E-state index in [1.165, 1.54) is 0 Å². The van der Waals surface area contributed by atoms with Gasteiger partial charge in [0.1, 0.15) is 6.67 Å². The topological polar surface area (TPSA) is 74.6 Å². The summed E-state index contributed by atoms with van der Waals surface area (Å²) in [5, 5.41) is 16.4. The third kappa shape index (κ3) is 3.13. The second-order valence-electron chi connectivity index (χ2n) is 1.73. The first-order chi connectivity index (χ1) is 4.57. The summed E-state index contributed by atoms with van der Waals surface area (Å²) in [5.41, 5.74) is 0. The van der Waals surface area contributed by atoms with E-state index in [9.17, 15) is 14.0 Å². The van der Waals surface area contributed by atoms with Crippen LogP contribution in [0.3, 0.4) is 0 Å². The van der Waals surface area contributed by atoms with Crippen molar-refractivity contribution in [2.45, 2.75) is 12.5 Å². The molecule has 0 saturated heterocycles. The largest absolute Gasteiger partial charge is 0.479 e. The van der Waals surface area contributed by atoms with Crippen LogP contribution in [0.1, 0.15) is 6.42 Å². The van der Waals surface area contributed by atoms with Crippen LogP contribution in [0.2, 0.25) is 0 Å². The molecule has 5 heteroatoms. The molecule has 1 atom stereocenters. The quantitative estimate of drug-likeness (QED) is 0.559. The van der Waals surface area contributed by atoms with E-state index >= 15 is 0 Å². The average molecular weight is 150 g/mol. The molecule has 0 aliphatic carbocycles. The van der Waals surface area contributed by atoms with Crippen LogP contribution in [0, 0.1) is 0 Å². The lowest BCUT2D eigenvalue weighted by molar-refractivity contribution is -0.148. The number of aliphatic carboxylic acids is 1. The minimum Gasteiger partial charge on any atom is -0.479 e. The van der Waals surface area contributed by atoms with Crippen molar-refractivity contribution in [1.29, 1.82) is 0 Å². The van der Waals surface area contributed by atoms with Crippen molar-refractivity contribution in [3.05, 3.63) is 0 Å². The van der Waals surface area contributed by atoms with E-state index in [2.05, 4.69) is 0 Å². The Hall–Kier alpha value is -0.970. The molecule has 10 heavy (non-hydrogen) atoms. The molecule has 0 amide bonds. The Balaban J connectivity index is 3.68. The molecule has 1 unspecified atom stereocenters. The van der Waals surface area contributed by atoms with Crippen molar-refractivity contribution >= 4 is 11.8 Å². The summed E-state index contributed by atoms with van der Waals surface area (Å²) in [7, 11) is 0. The number of carboxylic acid groups (broad SMARTS) is 1. The first-order valence-electron chi connectivity index (χ1n) is 2.56. The number of aliphatic hydroxyl groups excluding tert-OH is 1. The fraction of sp³-hybridized carbons (Fsp3) is 0.600. The van der Waals surface area contributed by atoms with E-state index in [1.807, 2.05) is 0 Å². The lowest BCUT2D eigenvalue weighted by Gasteiger charge is -2.00. The van der Waals surface area contributed by atoms with Crippen molar-refractivity contribution in [3.63, 3.8) is 0 Å². The zero-order chi connectivity index (χ0) is 8.15. The van der Waals surface area contributed by atoms with Crippen LogP contribution in [0.25, 0.3) is 0 Å². The molecule has 0 radical (unpaired) electrons. The summed E-state index contributed by atoms with van der Waals surface area (Å²) < 4.78 is 11.4. The maximum atomic E-state index is 11.4. The average Bonchev–Trinajstić information content (AvgIpc) is 1.87. The number of rotatable bonds is 4. The molecule has 0 aliphatic rings. The van der Waals surface area contributed by atoms with Gasteiger partial charge in [0.05, 0.1) is 0 Å². The molecule has 0 fully saturated rings. The van der Waals surface area contributed by atoms with Crippen molar-refractivity contribution < 1.29 is 24.2 Å². The van der Waals surface area contributed by atoms with Crippen LogP contribution < -0.4 is 0 Å². The molecular weight excluding hydrogens is 143 g/mol. The fourth-order valence-corrected chi connectivity index (χ4v) is 0.358. The highest BCUT2D eigenvalue weighted by Crippen LogP contribution is 1.93. The minimum atomic E-state index is -1.77. The van der Waals surface area contributed by atoms with Crippen molar-refractivity contribution in [3.8, 4) is 0 Å². The summed E-state index contributed by atoms with van der Waals surface area (Å²) >= 11 is 0. The molecule has 4 nitrogen and oxygen atoms in total. The molecule has 0 spiro atoms. The van der Waals surface area contributed by atoms with Gasteiger partial charge in [-0.05, 0) is 0 Å². The van der Waals surface area contributed by atoms with Gasteiger partial charge in [0.2, 0.25) is 0 Å². The van der Waals surface area contributed by atoms with Crippen LogP contribution >= 0.6 is 0 Å². The smallest absolute Gasteiger partial charge is 0.332 e. The van der Waals surface area contributed by atoms with Gasteiger partial charge >= 0.3 is 5.97 Å². The van der Waals surface area contributed by atoms with Gasteiger partial charge in [-0.3, -0.25) is 4.79 Å². The zero-order valence-corrected chi connectivity index (χ0v) is 5.08. The zero-order valence-electron chi connectivity index (χ0n) is 5.08. The molecule has 0 bridgehead atoms. The number of hydrogen-bond acceptors (Lipinski definition) is 3. The monoisotopic (exact) mass is 150 g/mol. The van der Waals surface area contributed by atoms with Crippen molar-refractivity contribution in [1.82, 2.24) is 0 Å². The summed E-state index contributed by atoms with van der Waals surface area (Å²) in [5.74, 6) is -2.42. The van der Waals surface area contributed by atoms with E-state index in [0.717, 1.165) is 0 Å². The lowest BCUT2D eigenvalue weighted by atomic mass is 10.2. The predicted octanol–water partition coefficient (Wildman–Crippen LogP) is -0.639. The van der Waals surface area contributed by atoms with Gasteiger partial charge < -0.3 is 10.2 Å². The molecule has 0 aromatic heterocycles. The number of carbonyl (C=O) groups excluding carboxylic acids is 1. The maximum absolute atomic E-state index is 11.4. The number of ketones is 1. The molecule has 0 aromatic rings. The number of aliphatic hydroxyl groups is 1. The lowest BCUT2D eigenvalue weighted by Crippen LogP contribution is -2.23. The molecule has 2 N–H and O–H groups in total. The van der Waals surface area contributed by atoms with Crippen LogP contribution in [0.4, 0.5) is 4.39 Å². The van der Waals surface area contributed by atoms with Gasteiger partial charge in [-0.1, -0.05) is 0 Å². The third-order valence-electron chi connectivity index (χ3n) is 0.855. The van der Waals surface area contributed by atoms with Gasteiger partial charge in [0.15, 0.2) is 11.9 Å². The highest BCUT2D eigenvalue weighted by atomic mass is 19.1. The first kappa shape index (κ1) is 9.03. The minimum absolute atomic E-state index is 0.661. The van der Waals surface area contributed by atoms with E-state index < -0.39 is 31.0 Å². The number of carbonyl (C=O) groups is 2. The molecule has 0 aromatic carbocycles.